The van der Waals surface area contributed by atoms with Crippen molar-refractivity contribution in [2.24, 2.45) is 0 Å². The fraction of sp³-hybridized carbons (Fsp3) is 0.381. The molecule has 2 aromatic carbocycles. The minimum atomic E-state index is -0.596. The highest BCUT2D eigenvalue weighted by Gasteiger charge is 2.42. The molecule has 0 unspecified atom stereocenters. The topological polar surface area (TPSA) is 32.3 Å². The summed E-state index contributed by atoms with van der Waals surface area (Å²) in [4.78, 5) is 15.1. The molecule has 1 fully saturated rings. The maximum absolute atomic E-state index is 13.7. The number of rotatable bonds is 5. The summed E-state index contributed by atoms with van der Waals surface area (Å²) in [5, 5.41) is 3.09. The first-order valence-electron chi connectivity index (χ1n) is 8.82. The van der Waals surface area contributed by atoms with Gasteiger partial charge in [-0.15, -0.1) is 0 Å². The molecule has 1 saturated carbocycles. The van der Waals surface area contributed by atoms with Gasteiger partial charge < -0.3 is 10.2 Å². The number of amides is 1. The van der Waals surface area contributed by atoms with Gasteiger partial charge in [-0.1, -0.05) is 37.1 Å². The van der Waals surface area contributed by atoms with Gasteiger partial charge in [0, 0.05) is 26.3 Å². The summed E-state index contributed by atoms with van der Waals surface area (Å²) in [7, 11) is 3.99. The normalized spacial score (nSPS) is 15.8. The monoisotopic (exact) mass is 340 g/mol. The standard InChI is InChI=1S/C21H25FN2O/c1-24(2)19-10-5-7-16(13-19)15-23-20(25)21(11-3-4-12-21)17-8-6-9-18(22)14-17/h5-10,13-14H,3-4,11-12,15H2,1-2H3,(H,23,25). The van der Waals surface area contributed by atoms with Gasteiger partial charge in [-0.2, -0.15) is 0 Å². The quantitative estimate of drug-likeness (QED) is 0.891. The fourth-order valence-electron chi connectivity index (χ4n) is 3.71. The van der Waals surface area contributed by atoms with Crippen molar-refractivity contribution in [3.63, 3.8) is 0 Å². The summed E-state index contributed by atoms with van der Waals surface area (Å²) in [6, 6.07) is 14.6. The second kappa shape index (κ2) is 7.26. The van der Waals surface area contributed by atoms with Gasteiger partial charge in [-0.05, 0) is 48.2 Å². The number of halogens is 1. The van der Waals surface area contributed by atoms with Crippen LogP contribution in [0.15, 0.2) is 48.5 Å². The Morgan fingerprint density at radius 1 is 1.12 bits per heavy atom. The van der Waals surface area contributed by atoms with Gasteiger partial charge >= 0.3 is 0 Å². The molecule has 0 bridgehead atoms. The summed E-state index contributed by atoms with van der Waals surface area (Å²) >= 11 is 0. The third kappa shape index (κ3) is 3.68. The molecule has 25 heavy (non-hydrogen) atoms. The Bertz CT molecular complexity index is 751. The van der Waals surface area contributed by atoms with Gasteiger partial charge in [0.15, 0.2) is 0 Å². The first kappa shape index (κ1) is 17.5. The number of nitrogens with zero attached hydrogens (tertiary/aromatic N) is 1. The third-order valence-corrected chi connectivity index (χ3v) is 5.15. The average molecular weight is 340 g/mol. The van der Waals surface area contributed by atoms with E-state index in [1.54, 1.807) is 6.07 Å². The van der Waals surface area contributed by atoms with Crippen LogP contribution in [-0.4, -0.2) is 20.0 Å². The molecular weight excluding hydrogens is 315 g/mol. The van der Waals surface area contributed by atoms with Gasteiger partial charge in [0.1, 0.15) is 5.82 Å². The zero-order chi connectivity index (χ0) is 17.9. The van der Waals surface area contributed by atoms with Gasteiger partial charge in [0.2, 0.25) is 5.91 Å². The van der Waals surface area contributed by atoms with E-state index in [2.05, 4.69) is 11.4 Å². The molecule has 0 atom stereocenters. The Morgan fingerprint density at radius 3 is 2.52 bits per heavy atom. The maximum atomic E-state index is 13.7. The first-order chi connectivity index (χ1) is 12.0. The highest BCUT2D eigenvalue weighted by Crippen LogP contribution is 2.41. The smallest absolute Gasteiger partial charge is 0.230 e. The summed E-state index contributed by atoms with van der Waals surface area (Å²) in [5.74, 6) is -0.277. The van der Waals surface area contributed by atoms with Crippen LogP contribution in [0.1, 0.15) is 36.8 Å². The zero-order valence-corrected chi connectivity index (χ0v) is 14.9. The van der Waals surface area contributed by atoms with Crippen LogP contribution in [0.5, 0.6) is 0 Å². The molecule has 1 aliphatic rings. The van der Waals surface area contributed by atoms with Crippen LogP contribution in [0.4, 0.5) is 10.1 Å². The zero-order valence-electron chi connectivity index (χ0n) is 14.9. The van der Waals surface area contributed by atoms with Crippen LogP contribution < -0.4 is 10.2 Å². The van der Waals surface area contributed by atoms with Crippen molar-refractivity contribution in [3.8, 4) is 0 Å². The number of anilines is 1. The van der Waals surface area contributed by atoms with Crippen molar-refractivity contribution >= 4 is 11.6 Å². The molecule has 0 aliphatic heterocycles. The minimum absolute atomic E-state index is 0.00542. The summed E-state index contributed by atoms with van der Waals surface area (Å²) < 4.78 is 13.7. The minimum Gasteiger partial charge on any atom is -0.378 e. The molecule has 0 radical (unpaired) electrons. The molecule has 3 nitrogen and oxygen atoms in total. The number of nitrogens with one attached hydrogen (secondary N) is 1. The Morgan fingerprint density at radius 2 is 1.84 bits per heavy atom. The van der Waals surface area contributed by atoms with Crippen LogP contribution >= 0.6 is 0 Å². The first-order valence-corrected chi connectivity index (χ1v) is 8.82. The molecule has 0 saturated heterocycles. The largest absolute Gasteiger partial charge is 0.378 e. The molecule has 3 rings (SSSR count). The molecule has 4 heteroatoms. The summed E-state index contributed by atoms with van der Waals surface area (Å²) in [6.07, 6.45) is 3.56. The van der Waals surface area contributed by atoms with Crippen LogP contribution in [0.25, 0.3) is 0 Å². The van der Waals surface area contributed by atoms with E-state index in [0.717, 1.165) is 42.5 Å². The van der Waals surface area contributed by atoms with E-state index in [1.165, 1.54) is 12.1 Å². The van der Waals surface area contributed by atoms with Crippen molar-refractivity contribution in [2.75, 3.05) is 19.0 Å². The number of hydrogen-bond donors (Lipinski definition) is 1. The highest BCUT2D eigenvalue weighted by molar-refractivity contribution is 5.88. The Hall–Kier alpha value is -2.36. The third-order valence-electron chi connectivity index (χ3n) is 5.15. The Labute approximate surface area is 148 Å². The lowest BCUT2D eigenvalue weighted by Gasteiger charge is -2.28. The van der Waals surface area contributed by atoms with E-state index < -0.39 is 5.41 Å². The van der Waals surface area contributed by atoms with Gasteiger partial charge in [0.05, 0.1) is 5.41 Å². The van der Waals surface area contributed by atoms with Gasteiger partial charge in [-0.3, -0.25) is 4.79 Å². The van der Waals surface area contributed by atoms with Gasteiger partial charge in [-0.25, -0.2) is 4.39 Å². The second-order valence-electron chi connectivity index (χ2n) is 7.05. The van der Waals surface area contributed by atoms with Crippen molar-refractivity contribution in [2.45, 2.75) is 37.6 Å². The van der Waals surface area contributed by atoms with E-state index in [-0.39, 0.29) is 11.7 Å². The van der Waals surface area contributed by atoms with Crippen molar-refractivity contribution in [1.29, 1.82) is 0 Å². The lowest BCUT2D eigenvalue weighted by Crippen LogP contribution is -2.42. The lowest BCUT2D eigenvalue weighted by molar-refractivity contribution is -0.126. The molecule has 1 aliphatic carbocycles. The van der Waals surface area contributed by atoms with Crippen LogP contribution in [-0.2, 0) is 16.8 Å². The van der Waals surface area contributed by atoms with E-state index in [4.69, 9.17) is 0 Å². The second-order valence-corrected chi connectivity index (χ2v) is 7.05. The Balaban J connectivity index is 1.77. The number of carbonyl (C=O) groups excluding carboxylic acids is 1. The van der Waals surface area contributed by atoms with E-state index >= 15 is 0 Å². The molecular formula is C21H25FN2O. The van der Waals surface area contributed by atoms with Crippen molar-refractivity contribution in [1.82, 2.24) is 5.32 Å². The highest BCUT2D eigenvalue weighted by atomic mass is 19.1. The predicted octanol–water partition coefficient (Wildman–Crippen LogP) is 4.02. The molecule has 2 aromatic rings. The van der Waals surface area contributed by atoms with Crippen molar-refractivity contribution < 1.29 is 9.18 Å². The molecule has 1 N–H and O–H groups in total. The fourth-order valence-corrected chi connectivity index (χ4v) is 3.71. The molecule has 1 amide bonds. The summed E-state index contributed by atoms with van der Waals surface area (Å²) in [6.45, 7) is 0.484. The Kier molecular flexibility index (Phi) is 5.07. The lowest BCUT2D eigenvalue weighted by atomic mass is 9.78. The summed E-state index contributed by atoms with van der Waals surface area (Å²) in [5.41, 5.74) is 2.37. The maximum Gasteiger partial charge on any atom is 0.230 e. The molecule has 132 valence electrons. The van der Waals surface area contributed by atoms with E-state index in [9.17, 15) is 9.18 Å². The molecule has 0 spiro atoms. The van der Waals surface area contributed by atoms with Gasteiger partial charge in [0.25, 0.3) is 0 Å². The van der Waals surface area contributed by atoms with E-state index in [0.29, 0.717) is 6.54 Å². The van der Waals surface area contributed by atoms with Crippen molar-refractivity contribution in [3.05, 3.63) is 65.5 Å². The van der Waals surface area contributed by atoms with Crippen LogP contribution in [0.3, 0.4) is 0 Å². The molecule has 0 heterocycles. The number of benzene rings is 2. The predicted molar refractivity (Wildman–Crippen MR) is 99.2 cm³/mol. The average Bonchev–Trinajstić information content (AvgIpc) is 3.11. The number of hydrogen-bond acceptors (Lipinski definition) is 2. The van der Waals surface area contributed by atoms with Crippen LogP contribution in [0, 0.1) is 5.82 Å². The number of carbonyl (C=O) groups is 1. The SMILES string of the molecule is CN(C)c1cccc(CNC(=O)C2(c3cccc(F)c3)CCCC2)c1. The van der Waals surface area contributed by atoms with E-state index in [1.807, 2.05) is 43.3 Å². The van der Waals surface area contributed by atoms with Crippen LogP contribution in [0.2, 0.25) is 0 Å². The molecule has 0 aromatic heterocycles.